The van der Waals surface area contributed by atoms with Crippen LogP contribution in [-0.2, 0) is 11.2 Å². The molecule has 0 aliphatic carbocycles. The summed E-state index contributed by atoms with van der Waals surface area (Å²) in [5.74, 6) is 1.90. The molecule has 1 fully saturated rings. The van der Waals surface area contributed by atoms with Crippen molar-refractivity contribution >= 4 is 17.5 Å². The number of nitrogens with zero attached hydrogens (tertiary/aromatic N) is 4. The standard InChI is InChI=1S/C13H21N5O/c1-4-10-12(14-5-2)15-9-16-13(10)18-7-6-17(3)11(19)8-18/h9H,4-8H2,1-3H3,(H,14,15,16). The van der Waals surface area contributed by atoms with Crippen LogP contribution in [0, 0.1) is 0 Å². The van der Waals surface area contributed by atoms with Crippen molar-refractivity contribution in [2.75, 3.05) is 43.4 Å². The molecule has 1 N–H and O–H groups in total. The van der Waals surface area contributed by atoms with Gasteiger partial charge in [-0.05, 0) is 13.3 Å². The molecule has 0 spiro atoms. The summed E-state index contributed by atoms with van der Waals surface area (Å²) >= 11 is 0. The molecule has 0 aromatic carbocycles. The first-order valence-electron chi connectivity index (χ1n) is 6.74. The molecule has 6 heteroatoms. The van der Waals surface area contributed by atoms with Gasteiger partial charge in [-0.15, -0.1) is 0 Å². The second kappa shape index (κ2) is 5.86. The molecule has 0 radical (unpaired) electrons. The quantitative estimate of drug-likeness (QED) is 0.868. The second-order valence-electron chi connectivity index (χ2n) is 4.65. The van der Waals surface area contributed by atoms with Crippen molar-refractivity contribution in [1.29, 1.82) is 0 Å². The number of likely N-dealkylation sites (N-methyl/N-ethyl adjacent to an activating group) is 1. The summed E-state index contributed by atoms with van der Waals surface area (Å²) in [5.41, 5.74) is 1.08. The van der Waals surface area contributed by atoms with Crippen molar-refractivity contribution in [3.63, 3.8) is 0 Å². The molecule has 6 nitrogen and oxygen atoms in total. The molecule has 1 aromatic rings. The number of carbonyl (C=O) groups excluding carboxylic acids is 1. The monoisotopic (exact) mass is 263 g/mol. The lowest BCUT2D eigenvalue weighted by molar-refractivity contribution is -0.129. The van der Waals surface area contributed by atoms with Gasteiger partial charge in [-0.1, -0.05) is 6.92 Å². The van der Waals surface area contributed by atoms with Gasteiger partial charge in [0, 0.05) is 32.2 Å². The first kappa shape index (κ1) is 13.6. The number of amides is 1. The van der Waals surface area contributed by atoms with E-state index in [1.54, 1.807) is 11.2 Å². The Hall–Kier alpha value is -1.85. The fourth-order valence-corrected chi connectivity index (χ4v) is 2.26. The Kier molecular flexibility index (Phi) is 4.19. The normalized spacial score (nSPS) is 15.8. The Morgan fingerprint density at radius 2 is 2.11 bits per heavy atom. The van der Waals surface area contributed by atoms with Crippen molar-refractivity contribution in [2.45, 2.75) is 20.3 Å². The molecule has 1 aliphatic heterocycles. The highest BCUT2D eigenvalue weighted by Crippen LogP contribution is 2.24. The topological polar surface area (TPSA) is 61.4 Å². The Morgan fingerprint density at radius 3 is 2.74 bits per heavy atom. The zero-order valence-corrected chi connectivity index (χ0v) is 11.8. The van der Waals surface area contributed by atoms with Crippen molar-refractivity contribution in [1.82, 2.24) is 14.9 Å². The van der Waals surface area contributed by atoms with E-state index in [2.05, 4.69) is 22.2 Å². The third kappa shape index (κ3) is 2.77. The molecule has 19 heavy (non-hydrogen) atoms. The Morgan fingerprint density at radius 1 is 1.32 bits per heavy atom. The molecule has 1 saturated heterocycles. The molecule has 1 aliphatic rings. The zero-order valence-electron chi connectivity index (χ0n) is 11.8. The summed E-state index contributed by atoms with van der Waals surface area (Å²) in [7, 11) is 1.84. The highest BCUT2D eigenvalue weighted by atomic mass is 16.2. The number of aromatic nitrogens is 2. The molecule has 0 bridgehead atoms. The fraction of sp³-hybridized carbons (Fsp3) is 0.615. The van der Waals surface area contributed by atoms with Gasteiger partial charge in [-0.3, -0.25) is 4.79 Å². The summed E-state index contributed by atoms with van der Waals surface area (Å²) in [6, 6.07) is 0. The predicted molar refractivity (Wildman–Crippen MR) is 75.4 cm³/mol. The van der Waals surface area contributed by atoms with Gasteiger partial charge < -0.3 is 15.1 Å². The number of carbonyl (C=O) groups is 1. The molecule has 1 aromatic heterocycles. The van der Waals surface area contributed by atoms with Crippen LogP contribution >= 0.6 is 0 Å². The van der Waals surface area contributed by atoms with Crippen molar-refractivity contribution in [3.05, 3.63) is 11.9 Å². The molecule has 0 atom stereocenters. The number of anilines is 2. The van der Waals surface area contributed by atoms with E-state index in [1.165, 1.54) is 0 Å². The van der Waals surface area contributed by atoms with Gasteiger partial charge in [0.1, 0.15) is 18.0 Å². The van der Waals surface area contributed by atoms with E-state index in [1.807, 2.05) is 18.9 Å². The lowest BCUT2D eigenvalue weighted by Crippen LogP contribution is -2.49. The van der Waals surface area contributed by atoms with Crippen LogP contribution in [0.5, 0.6) is 0 Å². The molecule has 2 heterocycles. The van der Waals surface area contributed by atoms with Crippen LogP contribution in [-0.4, -0.2) is 54.0 Å². The van der Waals surface area contributed by atoms with E-state index in [-0.39, 0.29) is 5.91 Å². The maximum absolute atomic E-state index is 11.8. The van der Waals surface area contributed by atoms with Crippen LogP contribution in [0.2, 0.25) is 0 Å². The molecular weight excluding hydrogens is 242 g/mol. The van der Waals surface area contributed by atoms with Gasteiger partial charge in [0.05, 0.1) is 6.54 Å². The number of piperazine rings is 1. The largest absolute Gasteiger partial charge is 0.370 e. The zero-order chi connectivity index (χ0) is 13.8. The van der Waals surface area contributed by atoms with Gasteiger partial charge in [0.25, 0.3) is 0 Å². The highest BCUT2D eigenvalue weighted by molar-refractivity contribution is 5.82. The van der Waals surface area contributed by atoms with Crippen LogP contribution in [0.15, 0.2) is 6.33 Å². The smallest absolute Gasteiger partial charge is 0.241 e. The second-order valence-corrected chi connectivity index (χ2v) is 4.65. The van der Waals surface area contributed by atoms with E-state index in [4.69, 9.17) is 0 Å². The Balaban J connectivity index is 2.29. The SMILES string of the molecule is CCNc1ncnc(N2CCN(C)C(=O)C2)c1CC. The van der Waals surface area contributed by atoms with Gasteiger partial charge in [0.2, 0.25) is 5.91 Å². The molecule has 104 valence electrons. The predicted octanol–water partition coefficient (Wildman–Crippen LogP) is 0.749. The highest BCUT2D eigenvalue weighted by Gasteiger charge is 2.24. The molecule has 2 rings (SSSR count). The minimum absolute atomic E-state index is 0.136. The van der Waals surface area contributed by atoms with E-state index in [0.29, 0.717) is 6.54 Å². The van der Waals surface area contributed by atoms with Crippen LogP contribution in [0.1, 0.15) is 19.4 Å². The van der Waals surface area contributed by atoms with Crippen LogP contribution in [0.4, 0.5) is 11.6 Å². The minimum Gasteiger partial charge on any atom is -0.370 e. The average Bonchev–Trinajstić information content (AvgIpc) is 2.42. The molecule has 0 unspecified atom stereocenters. The third-order valence-corrected chi connectivity index (χ3v) is 3.38. The number of hydrogen-bond donors (Lipinski definition) is 1. The van der Waals surface area contributed by atoms with E-state index >= 15 is 0 Å². The van der Waals surface area contributed by atoms with Crippen LogP contribution in [0.25, 0.3) is 0 Å². The number of rotatable bonds is 4. The van der Waals surface area contributed by atoms with Gasteiger partial charge >= 0.3 is 0 Å². The number of hydrogen-bond acceptors (Lipinski definition) is 5. The maximum atomic E-state index is 11.8. The lowest BCUT2D eigenvalue weighted by atomic mass is 10.2. The maximum Gasteiger partial charge on any atom is 0.241 e. The first-order valence-corrected chi connectivity index (χ1v) is 6.74. The summed E-state index contributed by atoms with van der Waals surface area (Å²) in [5, 5.41) is 3.25. The van der Waals surface area contributed by atoms with Crippen molar-refractivity contribution in [3.8, 4) is 0 Å². The van der Waals surface area contributed by atoms with Crippen LogP contribution in [0.3, 0.4) is 0 Å². The van der Waals surface area contributed by atoms with Crippen molar-refractivity contribution in [2.24, 2.45) is 0 Å². The van der Waals surface area contributed by atoms with E-state index < -0.39 is 0 Å². The number of nitrogens with one attached hydrogen (secondary N) is 1. The van der Waals surface area contributed by atoms with Gasteiger partial charge in [0.15, 0.2) is 0 Å². The third-order valence-electron chi connectivity index (χ3n) is 3.38. The van der Waals surface area contributed by atoms with Gasteiger partial charge in [-0.2, -0.15) is 0 Å². The summed E-state index contributed by atoms with van der Waals surface area (Å²) in [6.07, 6.45) is 2.41. The minimum atomic E-state index is 0.136. The summed E-state index contributed by atoms with van der Waals surface area (Å²) in [4.78, 5) is 24.3. The van der Waals surface area contributed by atoms with Gasteiger partial charge in [-0.25, -0.2) is 9.97 Å². The Bertz CT molecular complexity index is 462. The average molecular weight is 263 g/mol. The van der Waals surface area contributed by atoms with E-state index in [0.717, 1.165) is 43.3 Å². The molecule has 1 amide bonds. The van der Waals surface area contributed by atoms with Crippen LogP contribution < -0.4 is 10.2 Å². The Labute approximate surface area is 113 Å². The fourth-order valence-electron chi connectivity index (χ4n) is 2.26. The van der Waals surface area contributed by atoms with E-state index in [9.17, 15) is 4.79 Å². The summed E-state index contributed by atoms with van der Waals surface area (Å²) < 4.78 is 0. The lowest BCUT2D eigenvalue weighted by Gasteiger charge is -2.33. The van der Waals surface area contributed by atoms with Crippen molar-refractivity contribution < 1.29 is 4.79 Å². The first-order chi connectivity index (χ1) is 9.17. The summed E-state index contributed by atoms with van der Waals surface area (Å²) in [6.45, 7) is 6.90. The molecule has 0 saturated carbocycles. The molecular formula is C13H21N5O.